The number of carbonyl (C=O) groups is 1. The summed E-state index contributed by atoms with van der Waals surface area (Å²) in [5.74, 6) is 0.0832. The highest BCUT2D eigenvalue weighted by Crippen LogP contribution is 2.28. The highest BCUT2D eigenvalue weighted by Gasteiger charge is 2.36. The third kappa shape index (κ3) is 3.91. The summed E-state index contributed by atoms with van der Waals surface area (Å²) >= 11 is 0. The third-order valence-corrected chi connectivity index (χ3v) is 4.94. The minimum Gasteiger partial charge on any atom is -0.377 e. The molecule has 0 bridgehead atoms. The van der Waals surface area contributed by atoms with Gasteiger partial charge < -0.3 is 14.5 Å². The lowest BCUT2D eigenvalue weighted by atomic mass is 9.90. The fraction of sp³-hybridized carbons (Fsp3) is 0.474. The highest BCUT2D eigenvalue weighted by atomic mass is 16.5. The molecule has 25 heavy (non-hydrogen) atoms. The largest absolute Gasteiger partial charge is 0.377 e. The Labute approximate surface area is 148 Å². The molecule has 134 valence electrons. The minimum absolute atomic E-state index is 0.0832. The van der Waals surface area contributed by atoms with E-state index in [2.05, 4.69) is 29.2 Å². The standard InChI is InChI=1S/C19H26N4O2/c1-22(2)14-19(25-3)7-9-23(10-8-19)18(24)16-6-4-5-15(11-16)17-12-20-21-13-17/h4-6,11-13H,7-10,14H2,1-3H3,(H,20,21). The van der Waals surface area contributed by atoms with Crippen LogP contribution < -0.4 is 0 Å². The third-order valence-electron chi connectivity index (χ3n) is 4.94. The fourth-order valence-corrected chi connectivity index (χ4v) is 3.54. The minimum atomic E-state index is -0.154. The summed E-state index contributed by atoms with van der Waals surface area (Å²) < 4.78 is 5.80. The summed E-state index contributed by atoms with van der Waals surface area (Å²) in [7, 11) is 5.88. The highest BCUT2D eigenvalue weighted by molar-refractivity contribution is 5.95. The summed E-state index contributed by atoms with van der Waals surface area (Å²) in [6.07, 6.45) is 5.31. The van der Waals surface area contributed by atoms with Crippen molar-refractivity contribution in [1.29, 1.82) is 0 Å². The first-order chi connectivity index (χ1) is 12.0. The van der Waals surface area contributed by atoms with Gasteiger partial charge in [0.1, 0.15) is 0 Å². The Morgan fingerprint density at radius 2 is 2.08 bits per heavy atom. The van der Waals surface area contributed by atoms with Crippen LogP contribution in [0.4, 0.5) is 0 Å². The summed E-state index contributed by atoms with van der Waals surface area (Å²) in [5.41, 5.74) is 2.54. The van der Waals surface area contributed by atoms with Gasteiger partial charge in [0.05, 0.1) is 11.8 Å². The van der Waals surface area contributed by atoms with E-state index < -0.39 is 0 Å². The van der Waals surface area contributed by atoms with E-state index in [1.807, 2.05) is 35.4 Å². The van der Waals surface area contributed by atoms with Crippen LogP contribution >= 0.6 is 0 Å². The molecular weight excluding hydrogens is 316 g/mol. The number of carbonyl (C=O) groups excluding carboxylic acids is 1. The van der Waals surface area contributed by atoms with Crippen molar-refractivity contribution in [3.05, 3.63) is 42.2 Å². The number of piperidine rings is 1. The number of ether oxygens (including phenoxy) is 1. The van der Waals surface area contributed by atoms with Gasteiger partial charge in [0.2, 0.25) is 0 Å². The quantitative estimate of drug-likeness (QED) is 0.905. The van der Waals surface area contributed by atoms with E-state index in [4.69, 9.17) is 4.74 Å². The van der Waals surface area contributed by atoms with Crippen LogP contribution in [0.1, 0.15) is 23.2 Å². The number of H-pyrrole nitrogens is 1. The van der Waals surface area contributed by atoms with Crippen LogP contribution in [0.25, 0.3) is 11.1 Å². The molecule has 1 saturated heterocycles. The van der Waals surface area contributed by atoms with Gasteiger partial charge in [0, 0.05) is 44.1 Å². The molecule has 0 radical (unpaired) electrons. The molecule has 1 amide bonds. The molecule has 1 aliphatic heterocycles. The molecule has 1 aromatic carbocycles. The van der Waals surface area contributed by atoms with E-state index in [1.54, 1.807) is 13.3 Å². The van der Waals surface area contributed by atoms with Gasteiger partial charge in [-0.15, -0.1) is 0 Å². The van der Waals surface area contributed by atoms with Crippen LogP contribution in [0.5, 0.6) is 0 Å². The number of hydrogen-bond acceptors (Lipinski definition) is 4. The molecule has 1 aromatic heterocycles. The Bertz CT molecular complexity index is 704. The molecule has 0 spiro atoms. The molecule has 0 aliphatic carbocycles. The Kier molecular flexibility index (Phi) is 5.20. The number of nitrogens with one attached hydrogen (secondary N) is 1. The number of benzene rings is 1. The van der Waals surface area contributed by atoms with Gasteiger partial charge in [-0.05, 0) is 44.6 Å². The first-order valence-electron chi connectivity index (χ1n) is 8.61. The van der Waals surface area contributed by atoms with Gasteiger partial charge in [-0.2, -0.15) is 5.10 Å². The van der Waals surface area contributed by atoms with Crippen molar-refractivity contribution in [2.75, 3.05) is 40.8 Å². The molecule has 2 aromatic rings. The second-order valence-corrected chi connectivity index (χ2v) is 6.98. The number of aromatic amines is 1. The molecule has 0 atom stereocenters. The van der Waals surface area contributed by atoms with Gasteiger partial charge in [-0.3, -0.25) is 9.89 Å². The molecule has 1 aliphatic rings. The maximum atomic E-state index is 12.9. The molecular formula is C19H26N4O2. The Balaban J connectivity index is 1.70. The SMILES string of the molecule is COC1(CN(C)C)CCN(C(=O)c2cccc(-c3cn[nH]c3)c2)CC1. The first kappa shape index (κ1) is 17.6. The zero-order valence-electron chi connectivity index (χ0n) is 15.2. The predicted octanol–water partition coefficient (Wildman–Crippen LogP) is 2.26. The topological polar surface area (TPSA) is 61.5 Å². The van der Waals surface area contributed by atoms with Crippen LogP contribution in [0.2, 0.25) is 0 Å². The van der Waals surface area contributed by atoms with Crippen molar-refractivity contribution < 1.29 is 9.53 Å². The molecule has 0 unspecified atom stereocenters. The fourth-order valence-electron chi connectivity index (χ4n) is 3.54. The van der Waals surface area contributed by atoms with Crippen LogP contribution in [0.15, 0.2) is 36.7 Å². The second-order valence-electron chi connectivity index (χ2n) is 6.98. The maximum absolute atomic E-state index is 12.9. The molecule has 1 fully saturated rings. The van der Waals surface area contributed by atoms with Crippen LogP contribution in [0.3, 0.4) is 0 Å². The monoisotopic (exact) mass is 342 g/mol. The summed E-state index contributed by atoms with van der Waals surface area (Å²) in [5, 5.41) is 6.78. The zero-order chi connectivity index (χ0) is 17.9. The van der Waals surface area contributed by atoms with E-state index in [0.717, 1.165) is 49.2 Å². The number of aromatic nitrogens is 2. The lowest BCUT2D eigenvalue weighted by molar-refractivity contribution is -0.0654. The Morgan fingerprint density at radius 1 is 1.32 bits per heavy atom. The Morgan fingerprint density at radius 3 is 2.68 bits per heavy atom. The van der Waals surface area contributed by atoms with Crippen LogP contribution in [-0.4, -0.2) is 72.3 Å². The number of amides is 1. The normalized spacial score (nSPS) is 17.0. The average molecular weight is 342 g/mol. The zero-order valence-corrected chi connectivity index (χ0v) is 15.2. The van der Waals surface area contributed by atoms with E-state index in [-0.39, 0.29) is 11.5 Å². The van der Waals surface area contributed by atoms with Crippen molar-refractivity contribution in [1.82, 2.24) is 20.0 Å². The van der Waals surface area contributed by atoms with Gasteiger partial charge in [0.25, 0.3) is 5.91 Å². The number of likely N-dealkylation sites (N-methyl/N-ethyl adjacent to an activating group) is 1. The summed E-state index contributed by atoms with van der Waals surface area (Å²) in [6, 6.07) is 7.73. The van der Waals surface area contributed by atoms with E-state index >= 15 is 0 Å². The average Bonchev–Trinajstić information content (AvgIpc) is 3.16. The van der Waals surface area contributed by atoms with E-state index in [0.29, 0.717) is 0 Å². The van der Waals surface area contributed by atoms with Gasteiger partial charge in [0.15, 0.2) is 0 Å². The van der Waals surface area contributed by atoms with Crippen LogP contribution in [0, 0.1) is 0 Å². The van der Waals surface area contributed by atoms with E-state index in [1.165, 1.54) is 0 Å². The molecule has 6 heteroatoms. The molecule has 3 rings (SSSR count). The smallest absolute Gasteiger partial charge is 0.253 e. The summed E-state index contributed by atoms with van der Waals surface area (Å²) in [6.45, 7) is 2.31. The number of hydrogen-bond donors (Lipinski definition) is 1. The second kappa shape index (κ2) is 7.37. The van der Waals surface area contributed by atoms with Gasteiger partial charge in [-0.1, -0.05) is 12.1 Å². The van der Waals surface area contributed by atoms with E-state index in [9.17, 15) is 4.79 Å². The first-order valence-corrected chi connectivity index (χ1v) is 8.61. The van der Waals surface area contributed by atoms with Gasteiger partial charge >= 0.3 is 0 Å². The number of methoxy groups -OCH3 is 1. The maximum Gasteiger partial charge on any atom is 0.253 e. The Hall–Kier alpha value is -2.18. The lowest BCUT2D eigenvalue weighted by Gasteiger charge is -2.42. The lowest BCUT2D eigenvalue weighted by Crippen LogP contribution is -2.52. The predicted molar refractivity (Wildman–Crippen MR) is 97.5 cm³/mol. The van der Waals surface area contributed by atoms with Crippen molar-refractivity contribution >= 4 is 5.91 Å². The van der Waals surface area contributed by atoms with Crippen molar-refractivity contribution in [3.8, 4) is 11.1 Å². The van der Waals surface area contributed by atoms with Crippen molar-refractivity contribution in [2.45, 2.75) is 18.4 Å². The molecule has 0 saturated carbocycles. The number of likely N-dealkylation sites (tertiary alicyclic amines) is 1. The van der Waals surface area contributed by atoms with Crippen molar-refractivity contribution in [3.63, 3.8) is 0 Å². The number of nitrogens with zero attached hydrogens (tertiary/aromatic N) is 3. The molecule has 6 nitrogen and oxygen atoms in total. The van der Waals surface area contributed by atoms with Gasteiger partial charge in [-0.25, -0.2) is 0 Å². The molecule has 1 N–H and O–H groups in total. The number of rotatable bonds is 5. The van der Waals surface area contributed by atoms with Crippen molar-refractivity contribution in [2.24, 2.45) is 0 Å². The molecule has 2 heterocycles. The van der Waals surface area contributed by atoms with Crippen LogP contribution in [-0.2, 0) is 4.74 Å². The summed E-state index contributed by atoms with van der Waals surface area (Å²) in [4.78, 5) is 17.0.